The number of quaternary nitrogens is 1. The summed E-state index contributed by atoms with van der Waals surface area (Å²) in [6.45, 7) is 1.72. The second kappa shape index (κ2) is 6.50. The Morgan fingerprint density at radius 3 is 1.89 bits per heavy atom. The average Bonchev–Trinajstić information content (AvgIpc) is 2.41. The van der Waals surface area contributed by atoms with Gasteiger partial charge in [-0.25, -0.2) is 0 Å². The van der Waals surface area contributed by atoms with Gasteiger partial charge in [0.05, 0.1) is 5.97 Å². The predicted molar refractivity (Wildman–Crippen MR) is 74.2 cm³/mol. The number of benzene rings is 2. The van der Waals surface area contributed by atoms with Crippen molar-refractivity contribution in [2.24, 2.45) is 0 Å². The Bertz CT molecular complexity index is 549. The van der Waals surface area contributed by atoms with Gasteiger partial charge in [-0.05, 0) is 17.7 Å². The standard InChI is InChI=1S/C15H14BrNO2/c16-14-7-3-12(4-8-14)10-17-9-11-1-5-13(6-2-11)15(18)19/h1-8,17H,9-10H2,(H,18,19). The van der Waals surface area contributed by atoms with Crippen molar-refractivity contribution in [3.8, 4) is 0 Å². The van der Waals surface area contributed by atoms with E-state index in [9.17, 15) is 9.90 Å². The minimum atomic E-state index is -1.13. The molecule has 2 rings (SSSR count). The van der Waals surface area contributed by atoms with E-state index < -0.39 is 5.97 Å². The topological polar surface area (TPSA) is 56.7 Å². The highest BCUT2D eigenvalue weighted by molar-refractivity contribution is 9.10. The number of hydrogen-bond donors (Lipinski definition) is 1. The molecule has 0 bridgehead atoms. The summed E-state index contributed by atoms with van der Waals surface area (Å²) in [5, 5.41) is 12.8. The summed E-state index contributed by atoms with van der Waals surface area (Å²) in [7, 11) is 0. The normalized spacial score (nSPS) is 10.4. The molecule has 0 heterocycles. The zero-order valence-electron chi connectivity index (χ0n) is 10.3. The van der Waals surface area contributed by atoms with Crippen LogP contribution >= 0.6 is 15.9 Å². The van der Waals surface area contributed by atoms with E-state index >= 15 is 0 Å². The second-order valence-corrected chi connectivity index (χ2v) is 5.22. The second-order valence-electron chi connectivity index (χ2n) is 4.31. The van der Waals surface area contributed by atoms with Crippen LogP contribution in [0.5, 0.6) is 0 Å². The highest BCUT2D eigenvalue weighted by Crippen LogP contribution is 2.09. The molecule has 0 unspecified atom stereocenters. The van der Waals surface area contributed by atoms with Crippen LogP contribution in [0, 0.1) is 0 Å². The number of carboxylic acid groups (broad SMARTS) is 1. The van der Waals surface area contributed by atoms with Gasteiger partial charge in [0.1, 0.15) is 13.1 Å². The molecule has 2 N–H and O–H groups in total. The van der Waals surface area contributed by atoms with Crippen molar-refractivity contribution < 1.29 is 15.2 Å². The zero-order valence-corrected chi connectivity index (χ0v) is 11.9. The minimum Gasteiger partial charge on any atom is -0.545 e. The number of nitrogens with two attached hydrogens (primary N) is 1. The molecule has 4 heteroatoms. The maximum Gasteiger partial charge on any atom is 0.101 e. The van der Waals surface area contributed by atoms with E-state index in [2.05, 4.69) is 33.4 Å². The van der Waals surface area contributed by atoms with Gasteiger partial charge in [-0.2, -0.15) is 0 Å². The fourth-order valence-corrected chi connectivity index (χ4v) is 2.07. The summed E-state index contributed by atoms with van der Waals surface area (Å²) < 4.78 is 1.08. The molecular weight excluding hydrogens is 306 g/mol. The maximum atomic E-state index is 10.6. The van der Waals surface area contributed by atoms with Crippen LogP contribution in [0.1, 0.15) is 21.5 Å². The highest BCUT2D eigenvalue weighted by atomic mass is 79.9. The average molecular weight is 320 g/mol. The van der Waals surface area contributed by atoms with Crippen LogP contribution in [0.3, 0.4) is 0 Å². The number of halogens is 1. The Balaban J connectivity index is 1.85. The van der Waals surface area contributed by atoms with Gasteiger partial charge in [0, 0.05) is 15.6 Å². The summed E-state index contributed by atoms with van der Waals surface area (Å²) in [6.07, 6.45) is 0. The van der Waals surface area contributed by atoms with Gasteiger partial charge in [-0.1, -0.05) is 52.3 Å². The van der Waals surface area contributed by atoms with Gasteiger partial charge in [-0.15, -0.1) is 0 Å². The molecule has 2 aromatic rings. The Labute approximate surface area is 120 Å². The van der Waals surface area contributed by atoms with Crippen LogP contribution in [0.15, 0.2) is 53.0 Å². The third-order valence-electron chi connectivity index (χ3n) is 2.86. The molecule has 2 aromatic carbocycles. The lowest BCUT2D eigenvalue weighted by atomic mass is 10.1. The van der Waals surface area contributed by atoms with Crippen LogP contribution in [0.2, 0.25) is 0 Å². The quantitative estimate of drug-likeness (QED) is 0.896. The van der Waals surface area contributed by atoms with Crippen LogP contribution in [0.25, 0.3) is 0 Å². The van der Waals surface area contributed by atoms with Gasteiger partial charge in [0.15, 0.2) is 0 Å². The van der Waals surface area contributed by atoms with Crippen LogP contribution in [-0.4, -0.2) is 5.97 Å². The number of carboxylic acids is 1. The molecule has 0 aromatic heterocycles. The van der Waals surface area contributed by atoms with Crippen molar-refractivity contribution in [2.75, 3.05) is 0 Å². The molecule has 0 spiro atoms. The first-order valence-corrected chi connectivity index (χ1v) is 6.81. The third kappa shape index (κ3) is 4.19. The molecule has 0 saturated heterocycles. The zero-order chi connectivity index (χ0) is 13.7. The first kappa shape index (κ1) is 13.8. The summed E-state index contributed by atoms with van der Waals surface area (Å²) in [5.74, 6) is -1.13. The van der Waals surface area contributed by atoms with E-state index in [-0.39, 0.29) is 5.56 Å². The van der Waals surface area contributed by atoms with Crippen molar-refractivity contribution in [2.45, 2.75) is 13.1 Å². The highest BCUT2D eigenvalue weighted by Gasteiger charge is 1.99. The van der Waals surface area contributed by atoms with Gasteiger partial charge >= 0.3 is 0 Å². The van der Waals surface area contributed by atoms with Crippen molar-refractivity contribution in [3.05, 3.63) is 69.7 Å². The Kier molecular flexibility index (Phi) is 4.71. The molecule has 98 valence electrons. The molecule has 0 aliphatic carbocycles. The van der Waals surface area contributed by atoms with Gasteiger partial charge in [0.2, 0.25) is 0 Å². The van der Waals surface area contributed by atoms with Gasteiger partial charge < -0.3 is 15.2 Å². The molecule has 3 nitrogen and oxygen atoms in total. The number of carbonyl (C=O) groups excluding carboxylic acids is 1. The number of carbonyl (C=O) groups is 1. The molecule has 0 fully saturated rings. The fourth-order valence-electron chi connectivity index (χ4n) is 1.80. The lowest BCUT2D eigenvalue weighted by molar-refractivity contribution is -0.686. The van der Waals surface area contributed by atoms with E-state index in [1.807, 2.05) is 24.3 Å². The van der Waals surface area contributed by atoms with Crippen LogP contribution in [-0.2, 0) is 13.1 Å². The van der Waals surface area contributed by atoms with E-state index in [0.29, 0.717) is 0 Å². The van der Waals surface area contributed by atoms with Crippen molar-refractivity contribution >= 4 is 21.9 Å². The third-order valence-corrected chi connectivity index (χ3v) is 3.39. The van der Waals surface area contributed by atoms with Crippen LogP contribution in [0.4, 0.5) is 0 Å². The number of aromatic carboxylic acids is 1. The van der Waals surface area contributed by atoms with Gasteiger partial charge in [-0.3, -0.25) is 0 Å². The monoisotopic (exact) mass is 319 g/mol. The lowest BCUT2D eigenvalue weighted by Gasteiger charge is -2.05. The molecule has 0 radical (unpaired) electrons. The number of rotatable bonds is 5. The Morgan fingerprint density at radius 2 is 1.42 bits per heavy atom. The van der Waals surface area contributed by atoms with Gasteiger partial charge in [0.25, 0.3) is 0 Å². The maximum absolute atomic E-state index is 10.6. The van der Waals surface area contributed by atoms with E-state index in [0.717, 1.165) is 23.1 Å². The number of hydrogen-bond acceptors (Lipinski definition) is 2. The lowest BCUT2D eigenvalue weighted by Crippen LogP contribution is -2.80. The largest absolute Gasteiger partial charge is 0.545 e. The van der Waals surface area contributed by atoms with E-state index in [1.165, 1.54) is 5.56 Å². The molecule has 0 saturated carbocycles. The fraction of sp³-hybridized carbons (Fsp3) is 0.133. The molecular formula is C15H14BrNO2. The summed E-state index contributed by atoms with van der Waals surface area (Å²) in [6, 6.07) is 15.0. The molecule has 0 aliphatic rings. The summed E-state index contributed by atoms with van der Waals surface area (Å²) in [4.78, 5) is 10.6. The van der Waals surface area contributed by atoms with Crippen molar-refractivity contribution in [1.29, 1.82) is 0 Å². The van der Waals surface area contributed by atoms with E-state index in [4.69, 9.17) is 0 Å². The van der Waals surface area contributed by atoms with Crippen molar-refractivity contribution in [1.82, 2.24) is 0 Å². The first-order valence-electron chi connectivity index (χ1n) is 6.01. The van der Waals surface area contributed by atoms with Crippen molar-refractivity contribution in [3.63, 3.8) is 0 Å². The summed E-state index contributed by atoms with van der Waals surface area (Å²) in [5.41, 5.74) is 2.58. The first-order chi connectivity index (χ1) is 9.15. The Hall–Kier alpha value is -1.65. The SMILES string of the molecule is O=C([O-])c1ccc(C[NH2+]Cc2ccc(Br)cc2)cc1. The predicted octanol–water partition coefficient (Wildman–Crippen LogP) is 1.08. The molecule has 0 atom stereocenters. The smallest absolute Gasteiger partial charge is 0.101 e. The van der Waals surface area contributed by atoms with Crippen LogP contribution < -0.4 is 10.4 Å². The van der Waals surface area contributed by atoms with E-state index in [1.54, 1.807) is 12.1 Å². The minimum absolute atomic E-state index is 0.219. The summed E-state index contributed by atoms with van der Waals surface area (Å²) >= 11 is 3.41. The molecule has 0 aliphatic heterocycles. The molecule has 0 amide bonds. The Morgan fingerprint density at radius 1 is 0.947 bits per heavy atom. The molecule has 19 heavy (non-hydrogen) atoms.